The number of aromatic carboxylic acids is 1. The Kier molecular flexibility index (Phi) is 13.6. The number of hydrogen-bond acceptors (Lipinski definition) is 11. The topological polar surface area (TPSA) is 184 Å². The molecule has 2 fully saturated rings. The highest BCUT2D eigenvalue weighted by Crippen LogP contribution is 2.36. The maximum atomic E-state index is 13.6. The Hall–Kier alpha value is -7.17. The highest BCUT2D eigenvalue weighted by Gasteiger charge is 2.30. The highest BCUT2D eigenvalue weighted by atomic mass is 32.1. The fourth-order valence-corrected chi connectivity index (χ4v) is 11.2. The Morgan fingerprint density at radius 2 is 1.74 bits per heavy atom. The third-order valence-corrected chi connectivity index (χ3v) is 15.1. The van der Waals surface area contributed by atoms with Crippen LogP contribution in [0.25, 0.3) is 32.2 Å². The molecule has 0 radical (unpaired) electrons. The van der Waals surface area contributed by atoms with Gasteiger partial charge in [-0.25, -0.2) is 14.8 Å². The number of aryl methyl sites for hydroxylation is 1. The van der Waals surface area contributed by atoms with E-state index in [1.807, 2.05) is 110 Å². The lowest BCUT2D eigenvalue weighted by Crippen LogP contribution is -2.39. The van der Waals surface area contributed by atoms with Crippen molar-refractivity contribution in [2.75, 3.05) is 54.9 Å². The zero-order valence-electron chi connectivity index (χ0n) is 39.5. The van der Waals surface area contributed by atoms with Gasteiger partial charge in [-0.15, -0.1) is 0 Å². The molecule has 6 heterocycles. The van der Waals surface area contributed by atoms with E-state index in [1.54, 1.807) is 4.68 Å². The number of fused-ring (bicyclic) bond motifs is 3. The van der Waals surface area contributed by atoms with E-state index in [2.05, 4.69) is 30.9 Å². The molecule has 0 saturated carbocycles. The predicted octanol–water partition coefficient (Wildman–Crippen LogP) is 8.96. The molecule has 4 aromatic carbocycles. The van der Waals surface area contributed by atoms with Crippen molar-refractivity contribution in [2.45, 2.75) is 70.8 Å². The number of piperidine rings is 2. The fourth-order valence-electron chi connectivity index (χ4n) is 10.4. The van der Waals surface area contributed by atoms with Gasteiger partial charge in [0.1, 0.15) is 11.6 Å². The molecule has 10 rings (SSSR count). The molecule has 16 heteroatoms. The molecule has 0 aliphatic carbocycles. The number of thiazole rings is 1. The Morgan fingerprint density at radius 3 is 2.57 bits per heavy atom. The van der Waals surface area contributed by atoms with E-state index in [4.69, 9.17) is 9.72 Å². The average molecular weight is 960 g/mol. The molecular weight excluding hydrogens is 903 g/mol. The van der Waals surface area contributed by atoms with Crippen molar-refractivity contribution in [3.63, 3.8) is 0 Å². The van der Waals surface area contributed by atoms with Gasteiger partial charge in [-0.05, 0) is 148 Å². The monoisotopic (exact) mass is 959 g/mol. The smallest absolute Gasteiger partial charge is 0.355 e. The summed E-state index contributed by atoms with van der Waals surface area (Å²) in [6, 6.07) is 28.7. The summed E-state index contributed by atoms with van der Waals surface area (Å²) in [6.45, 7) is 6.33. The minimum Gasteiger partial charge on any atom is -0.493 e. The second-order valence-corrected chi connectivity index (χ2v) is 19.7. The van der Waals surface area contributed by atoms with Crippen LogP contribution in [0, 0.1) is 12.8 Å². The van der Waals surface area contributed by atoms with Gasteiger partial charge >= 0.3 is 5.97 Å². The van der Waals surface area contributed by atoms with Crippen molar-refractivity contribution in [3.05, 3.63) is 125 Å². The number of ether oxygens (including phenoxy) is 1. The van der Waals surface area contributed by atoms with Crippen LogP contribution in [-0.4, -0.2) is 92.8 Å². The molecule has 7 aromatic rings. The molecule has 3 aliphatic heterocycles. The standard InChI is InChI=1S/C54H57N9O6S/c1-33-37(38-20-21-47(58-50(38)53(67)68)63-28-24-35-11-7-13-39(42(35)31-63)52(66)59-54-57-43-15-3-4-17-46(43)70-54)12-8-16-45(33)69-29-6-5-10-34-22-26-62(27-23-34)32-48(64)56-36-18-19-40-44(30-36)61(2)60-49(40)41-14-9-25-55-51(41)65/h3-4,7-8,11-13,15-21,30,34,41H,5-6,9-10,14,22-29,31-32H2,1-2H3,(H,55,65)(H,56,64)(H,67,68)(H,57,59,66). The summed E-state index contributed by atoms with van der Waals surface area (Å²) in [5.74, 6) is 0.223. The molecule has 1 atom stereocenters. The molecule has 360 valence electrons. The van der Waals surface area contributed by atoms with E-state index in [0.29, 0.717) is 73.0 Å². The number of aromatic nitrogens is 4. The number of carbonyl (C=O) groups is 4. The minimum atomic E-state index is -1.12. The Bertz CT molecular complexity index is 3090. The van der Waals surface area contributed by atoms with Gasteiger partial charge in [-0.1, -0.05) is 54.2 Å². The molecule has 2 saturated heterocycles. The van der Waals surface area contributed by atoms with E-state index in [-0.39, 0.29) is 29.3 Å². The first kappa shape index (κ1) is 46.6. The van der Waals surface area contributed by atoms with Crippen LogP contribution in [0.15, 0.2) is 91.0 Å². The number of anilines is 3. The summed E-state index contributed by atoms with van der Waals surface area (Å²) in [5.41, 5.74) is 7.84. The molecule has 0 bridgehead atoms. The van der Waals surface area contributed by atoms with Crippen molar-refractivity contribution in [2.24, 2.45) is 13.0 Å². The van der Waals surface area contributed by atoms with Crippen LogP contribution >= 0.6 is 11.3 Å². The Labute approximate surface area is 410 Å². The number of pyridine rings is 1. The molecular formula is C54H57N9O6S. The summed E-state index contributed by atoms with van der Waals surface area (Å²) in [4.78, 5) is 65.6. The van der Waals surface area contributed by atoms with Crippen molar-refractivity contribution >= 4 is 72.8 Å². The molecule has 3 amide bonds. The first-order valence-electron chi connectivity index (χ1n) is 24.3. The van der Waals surface area contributed by atoms with Crippen molar-refractivity contribution < 1.29 is 29.0 Å². The fraction of sp³-hybridized carbons (Fsp3) is 0.352. The van der Waals surface area contributed by atoms with Crippen LogP contribution in [0.2, 0.25) is 0 Å². The van der Waals surface area contributed by atoms with Crippen LogP contribution in [0.4, 0.5) is 16.6 Å². The average Bonchev–Trinajstić information content (AvgIpc) is 3.93. The van der Waals surface area contributed by atoms with Gasteiger partial charge < -0.3 is 25.4 Å². The first-order chi connectivity index (χ1) is 34.1. The second-order valence-electron chi connectivity index (χ2n) is 18.7. The van der Waals surface area contributed by atoms with Gasteiger partial charge in [0.25, 0.3) is 5.91 Å². The molecule has 15 nitrogen and oxygen atoms in total. The van der Waals surface area contributed by atoms with E-state index in [0.717, 1.165) is 113 Å². The van der Waals surface area contributed by atoms with E-state index < -0.39 is 5.97 Å². The number of para-hydroxylation sites is 1. The van der Waals surface area contributed by atoms with E-state index >= 15 is 0 Å². The zero-order valence-corrected chi connectivity index (χ0v) is 40.3. The number of carboxylic acid groups (broad SMARTS) is 1. The summed E-state index contributed by atoms with van der Waals surface area (Å²) in [7, 11) is 1.87. The first-order valence-corrected chi connectivity index (χ1v) is 25.1. The number of rotatable bonds is 15. The number of hydrogen-bond donors (Lipinski definition) is 4. The van der Waals surface area contributed by atoms with Gasteiger partial charge in [-0.2, -0.15) is 5.10 Å². The third-order valence-electron chi connectivity index (χ3n) is 14.1. The maximum absolute atomic E-state index is 13.6. The Balaban J connectivity index is 0.695. The SMILES string of the molecule is Cc1c(OCCCCC2CCN(CC(=O)Nc3ccc4c(C5CCCNC5=O)nn(C)c4c3)CC2)cccc1-c1ccc(N2CCc3cccc(C(=O)Nc4nc5ccccc5s4)c3C2)nc1C(=O)O. The third kappa shape index (κ3) is 9.96. The molecule has 3 aromatic heterocycles. The summed E-state index contributed by atoms with van der Waals surface area (Å²) in [5, 5.41) is 25.7. The lowest BCUT2D eigenvalue weighted by Gasteiger charge is -2.31. The second kappa shape index (κ2) is 20.4. The number of carboxylic acids is 1. The Morgan fingerprint density at radius 1 is 0.900 bits per heavy atom. The number of carbonyl (C=O) groups excluding carboxylic acids is 3. The number of likely N-dealkylation sites (tertiary alicyclic amines) is 1. The molecule has 0 spiro atoms. The van der Waals surface area contributed by atoms with Crippen LogP contribution in [0.5, 0.6) is 5.75 Å². The minimum absolute atomic E-state index is 0.0245. The summed E-state index contributed by atoms with van der Waals surface area (Å²) in [6.07, 6.45) is 7.50. The number of amides is 3. The summed E-state index contributed by atoms with van der Waals surface area (Å²) < 4.78 is 9.10. The number of unbranched alkanes of at least 4 members (excludes halogenated alkanes) is 1. The normalized spacial score (nSPS) is 16.5. The van der Waals surface area contributed by atoms with E-state index in [9.17, 15) is 24.3 Å². The number of benzene rings is 4. The van der Waals surface area contributed by atoms with Gasteiger partial charge in [0, 0.05) is 48.9 Å². The van der Waals surface area contributed by atoms with Crippen molar-refractivity contribution in [1.82, 2.24) is 30.0 Å². The summed E-state index contributed by atoms with van der Waals surface area (Å²) >= 11 is 1.43. The van der Waals surface area contributed by atoms with Gasteiger partial charge in [0.15, 0.2) is 10.8 Å². The maximum Gasteiger partial charge on any atom is 0.355 e. The van der Waals surface area contributed by atoms with Gasteiger partial charge in [0.05, 0.1) is 40.5 Å². The van der Waals surface area contributed by atoms with Crippen LogP contribution in [-0.2, 0) is 29.6 Å². The number of nitrogens with one attached hydrogen (secondary N) is 3. The molecule has 4 N–H and O–H groups in total. The van der Waals surface area contributed by atoms with Crippen molar-refractivity contribution in [1.29, 1.82) is 0 Å². The largest absolute Gasteiger partial charge is 0.493 e. The zero-order chi connectivity index (χ0) is 48.3. The van der Waals surface area contributed by atoms with Crippen molar-refractivity contribution in [3.8, 4) is 16.9 Å². The lowest BCUT2D eigenvalue weighted by atomic mass is 9.91. The van der Waals surface area contributed by atoms with Gasteiger partial charge in [-0.3, -0.25) is 29.3 Å². The lowest BCUT2D eigenvalue weighted by molar-refractivity contribution is -0.124. The van der Waals surface area contributed by atoms with Crippen LogP contribution < -0.4 is 25.6 Å². The van der Waals surface area contributed by atoms with E-state index in [1.165, 1.54) is 11.3 Å². The molecule has 70 heavy (non-hydrogen) atoms. The van der Waals surface area contributed by atoms with Gasteiger partial charge in [0.2, 0.25) is 11.8 Å². The highest BCUT2D eigenvalue weighted by molar-refractivity contribution is 7.22. The number of nitrogens with zero attached hydrogens (tertiary/aromatic N) is 6. The quantitative estimate of drug-likeness (QED) is 0.0720. The predicted molar refractivity (Wildman–Crippen MR) is 273 cm³/mol. The van der Waals surface area contributed by atoms with Crippen LogP contribution in [0.3, 0.4) is 0 Å². The molecule has 3 aliphatic rings. The van der Waals surface area contributed by atoms with Crippen LogP contribution in [0.1, 0.15) is 94.1 Å². The molecule has 1 unspecified atom stereocenters.